The molecule has 0 N–H and O–H groups in total. The summed E-state index contributed by atoms with van der Waals surface area (Å²) < 4.78 is 12.9. The summed E-state index contributed by atoms with van der Waals surface area (Å²) in [5.41, 5.74) is 2.71. The maximum atomic E-state index is 12.9. The second-order valence-corrected chi connectivity index (χ2v) is 5.50. The van der Waals surface area contributed by atoms with Crippen LogP contribution in [0.25, 0.3) is 6.08 Å². The summed E-state index contributed by atoms with van der Waals surface area (Å²) in [4.78, 5) is 14.0. The molecule has 0 amide bonds. The van der Waals surface area contributed by atoms with Crippen LogP contribution in [0.5, 0.6) is 0 Å². The number of aryl methyl sites for hydroxylation is 1. The lowest BCUT2D eigenvalue weighted by Gasteiger charge is -1.98. The monoisotopic (exact) mass is 270 g/mol. The van der Waals surface area contributed by atoms with Gasteiger partial charge in [-0.25, -0.2) is 4.39 Å². The first-order chi connectivity index (χ1) is 9.15. The zero-order valence-corrected chi connectivity index (χ0v) is 11.1. The molecule has 0 bridgehead atoms. The number of fused-ring (bicyclic) bond motifs is 1. The Bertz CT molecular complexity index is 686. The van der Waals surface area contributed by atoms with Crippen molar-refractivity contribution in [2.24, 2.45) is 0 Å². The smallest absolute Gasteiger partial charge is 0.200 e. The summed E-state index contributed by atoms with van der Waals surface area (Å²) in [5, 5.41) is 0. The van der Waals surface area contributed by atoms with E-state index in [1.165, 1.54) is 23.9 Å². The number of ketones is 1. The highest BCUT2D eigenvalue weighted by Crippen LogP contribution is 2.42. The fourth-order valence-electron chi connectivity index (χ4n) is 2.06. The molecular formula is C16H11FOS. The highest BCUT2D eigenvalue weighted by atomic mass is 32.2. The van der Waals surface area contributed by atoms with Crippen molar-refractivity contribution < 1.29 is 9.18 Å². The van der Waals surface area contributed by atoms with Crippen molar-refractivity contribution in [1.29, 1.82) is 0 Å². The number of carbonyl (C=O) groups excluding carboxylic acids is 1. The predicted molar refractivity (Wildman–Crippen MR) is 75.7 cm³/mol. The molecule has 1 aliphatic heterocycles. The normalized spacial score (nSPS) is 15.9. The molecule has 94 valence electrons. The Hall–Kier alpha value is -1.87. The van der Waals surface area contributed by atoms with E-state index in [9.17, 15) is 9.18 Å². The third kappa shape index (κ3) is 2.22. The minimum atomic E-state index is -0.272. The Balaban J connectivity index is 2.00. The van der Waals surface area contributed by atoms with Crippen LogP contribution in [0.3, 0.4) is 0 Å². The van der Waals surface area contributed by atoms with E-state index in [2.05, 4.69) is 0 Å². The van der Waals surface area contributed by atoms with E-state index < -0.39 is 0 Å². The summed E-state index contributed by atoms with van der Waals surface area (Å²) in [6.07, 6.45) is 1.81. The molecule has 0 atom stereocenters. The predicted octanol–water partition coefficient (Wildman–Crippen LogP) is 4.46. The molecular weight excluding hydrogens is 259 g/mol. The third-order valence-electron chi connectivity index (χ3n) is 3.06. The standard InChI is InChI=1S/C16H11FOS/c1-10-3-2-4-13-15(18)14(19-16(10)13)9-11-5-7-12(17)8-6-11/h2-9H,1H3/b14-9+. The van der Waals surface area contributed by atoms with Crippen molar-refractivity contribution in [1.82, 2.24) is 0 Å². The molecule has 0 aliphatic carbocycles. The number of allylic oxidation sites excluding steroid dienone is 1. The molecule has 0 spiro atoms. The summed E-state index contributed by atoms with van der Waals surface area (Å²) in [5.74, 6) is -0.222. The number of benzene rings is 2. The number of hydrogen-bond acceptors (Lipinski definition) is 2. The molecule has 3 rings (SSSR count). The van der Waals surface area contributed by atoms with Gasteiger partial charge < -0.3 is 0 Å². The van der Waals surface area contributed by atoms with Crippen LogP contribution in [0.4, 0.5) is 4.39 Å². The Morgan fingerprint density at radius 1 is 1.11 bits per heavy atom. The van der Waals surface area contributed by atoms with Crippen LogP contribution in [-0.4, -0.2) is 5.78 Å². The molecule has 2 aromatic carbocycles. The van der Waals surface area contributed by atoms with Crippen LogP contribution in [0.1, 0.15) is 21.5 Å². The Kier molecular flexibility index (Phi) is 2.99. The van der Waals surface area contributed by atoms with Crippen LogP contribution in [0, 0.1) is 12.7 Å². The van der Waals surface area contributed by atoms with Crippen LogP contribution in [-0.2, 0) is 0 Å². The fraction of sp³-hybridized carbons (Fsp3) is 0.0625. The maximum Gasteiger partial charge on any atom is 0.200 e. The number of carbonyl (C=O) groups is 1. The Morgan fingerprint density at radius 3 is 2.53 bits per heavy atom. The van der Waals surface area contributed by atoms with Crippen molar-refractivity contribution >= 4 is 23.6 Å². The Labute approximate surface area is 115 Å². The summed E-state index contributed by atoms with van der Waals surface area (Å²) in [6.45, 7) is 2.00. The van der Waals surface area contributed by atoms with E-state index in [1.807, 2.05) is 31.2 Å². The second kappa shape index (κ2) is 4.67. The lowest BCUT2D eigenvalue weighted by atomic mass is 10.1. The van der Waals surface area contributed by atoms with Crippen molar-refractivity contribution in [2.75, 3.05) is 0 Å². The van der Waals surface area contributed by atoms with E-state index in [-0.39, 0.29) is 11.6 Å². The first kappa shape index (κ1) is 12.2. The summed E-state index contributed by atoms with van der Waals surface area (Å²) in [7, 11) is 0. The molecule has 0 radical (unpaired) electrons. The lowest BCUT2D eigenvalue weighted by molar-refractivity contribution is 0.104. The van der Waals surface area contributed by atoms with E-state index in [0.29, 0.717) is 4.91 Å². The molecule has 0 saturated heterocycles. The summed E-state index contributed by atoms with van der Waals surface area (Å²) in [6, 6.07) is 11.9. The van der Waals surface area contributed by atoms with Crippen molar-refractivity contribution in [3.63, 3.8) is 0 Å². The first-order valence-electron chi connectivity index (χ1n) is 5.94. The van der Waals surface area contributed by atoms with Gasteiger partial charge in [0.1, 0.15) is 5.82 Å². The molecule has 1 aliphatic rings. The van der Waals surface area contributed by atoms with Crippen LogP contribution in [0.2, 0.25) is 0 Å². The molecule has 3 heteroatoms. The molecule has 19 heavy (non-hydrogen) atoms. The quantitative estimate of drug-likeness (QED) is 0.711. The van der Waals surface area contributed by atoms with Crippen molar-refractivity contribution in [2.45, 2.75) is 11.8 Å². The highest BCUT2D eigenvalue weighted by Gasteiger charge is 2.26. The Morgan fingerprint density at radius 2 is 1.84 bits per heavy atom. The van der Waals surface area contributed by atoms with Gasteiger partial charge in [0.05, 0.1) is 4.91 Å². The maximum absolute atomic E-state index is 12.9. The molecule has 2 aromatic rings. The van der Waals surface area contributed by atoms with Crippen LogP contribution in [0.15, 0.2) is 52.3 Å². The fourth-order valence-corrected chi connectivity index (χ4v) is 3.18. The second-order valence-electron chi connectivity index (χ2n) is 4.44. The topological polar surface area (TPSA) is 17.1 Å². The van der Waals surface area contributed by atoms with E-state index in [0.717, 1.165) is 21.6 Å². The van der Waals surface area contributed by atoms with Gasteiger partial charge in [0.15, 0.2) is 0 Å². The average Bonchev–Trinajstić information content (AvgIpc) is 2.72. The van der Waals surface area contributed by atoms with Gasteiger partial charge in [-0.2, -0.15) is 0 Å². The molecule has 0 saturated carbocycles. The average molecular weight is 270 g/mol. The SMILES string of the molecule is Cc1cccc2c1S/C(=C/c1ccc(F)cc1)C2=O. The van der Waals surface area contributed by atoms with E-state index in [4.69, 9.17) is 0 Å². The van der Waals surface area contributed by atoms with Gasteiger partial charge in [-0.1, -0.05) is 36.0 Å². The zero-order chi connectivity index (χ0) is 13.4. The lowest BCUT2D eigenvalue weighted by Crippen LogP contribution is -1.94. The highest BCUT2D eigenvalue weighted by molar-refractivity contribution is 8.05. The zero-order valence-electron chi connectivity index (χ0n) is 10.3. The van der Waals surface area contributed by atoms with Gasteiger partial charge in [0.25, 0.3) is 0 Å². The number of Topliss-reactive ketones (excluding diaryl/α,β-unsaturated/α-hetero) is 1. The van der Waals surface area contributed by atoms with Gasteiger partial charge in [-0.05, 0) is 42.3 Å². The number of hydrogen-bond donors (Lipinski definition) is 0. The third-order valence-corrected chi connectivity index (χ3v) is 4.33. The minimum absolute atomic E-state index is 0.0491. The van der Waals surface area contributed by atoms with Crippen molar-refractivity contribution in [3.8, 4) is 0 Å². The van der Waals surface area contributed by atoms with Crippen molar-refractivity contribution in [3.05, 3.63) is 69.9 Å². The number of halogens is 1. The van der Waals surface area contributed by atoms with Gasteiger partial charge in [0.2, 0.25) is 5.78 Å². The van der Waals surface area contributed by atoms with Gasteiger partial charge in [-0.3, -0.25) is 4.79 Å². The van der Waals surface area contributed by atoms with Crippen LogP contribution < -0.4 is 0 Å². The molecule has 0 unspecified atom stereocenters. The number of thioether (sulfide) groups is 1. The molecule has 0 aromatic heterocycles. The molecule has 1 nitrogen and oxygen atoms in total. The molecule has 0 fully saturated rings. The largest absolute Gasteiger partial charge is 0.288 e. The van der Waals surface area contributed by atoms with Crippen LogP contribution >= 0.6 is 11.8 Å². The number of rotatable bonds is 1. The van der Waals surface area contributed by atoms with Gasteiger partial charge in [-0.15, -0.1) is 0 Å². The summed E-state index contributed by atoms with van der Waals surface area (Å²) >= 11 is 1.49. The van der Waals surface area contributed by atoms with E-state index >= 15 is 0 Å². The van der Waals surface area contributed by atoms with Gasteiger partial charge >= 0.3 is 0 Å². The molecule has 1 heterocycles. The van der Waals surface area contributed by atoms with Gasteiger partial charge in [0, 0.05) is 10.5 Å². The first-order valence-corrected chi connectivity index (χ1v) is 6.76. The minimum Gasteiger partial charge on any atom is -0.288 e. The van der Waals surface area contributed by atoms with E-state index in [1.54, 1.807) is 12.1 Å².